The lowest BCUT2D eigenvalue weighted by molar-refractivity contribution is -0.155. The molecule has 3 aliphatic rings. The minimum atomic E-state index is -0.0132. The molecule has 35 heavy (non-hydrogen) atoms. The predicted molar refractivity (Wildman–Crippen MR) is 148 cm³/mol. The maximum Gasteiger partial charge on any atom is 0.320 e. The Labute approximate surface area is 217 Å². The fourth-order valence-electron chi connectivity index (χ4n) is 7.56. The molecule has 3 heteroatoms. The first kappa shape index (κ1) is 28.5. The summed E-state index contributed by atoms with van der Waals surface area (Å²) in [5.74, 6) is 1.92. The molecule has 1 saturated carbocycles. The van der Waals surface area contributed by atoms with Gasteiger partial charge in [-0.15, -0.1) is 0 Å². The topological polar surface area (TPSA) is 29.5 Å². The molecule has 0 heterocycles. The van der Waals surface area contributed by atoms with Crippen LogP contribution in [0.5, 0.6) is 0 Å². The average Bonchev–Trinajstić information content (AvgIpc) is 2.82. The molecule has 0 aromatic rings. The molecular formula is C32H55NO2. The van der Waals surface area contributed by atoms with E-state index in [0.29, 0.717) is 36.3 Å². The number of esters is 1. The molecule has 3 rings (SSSR count). The van der Waals surface area contributed by atoms with Crippen molar-refractivity contribution in [1.29, 1.82) is 0 Å². The number of allylic oxidation sites excluding steroid dienone is 4. The smallest absolute Gasteiger partial charge is 0.320 e. The lowest BCUT2D eigenvalue weighted by Crippen LogP contribution is -2.52. The van der Waals surface area contributed by atoms with Gasteiger partial charge in [-0.25, -0.2) is 0 Å². The van der Waals surface area contributed by atoms with E-state index in [9.17, 15) is 4.79 Å². The molecule has 0 amide bonds. The third-order valence-corrected chi connectivity index (χ3v) is 9.78. The molecule has 3 nitrogen and oxygen atoms in total. The second-order valence-electron chi connectivity index (χ2n) is 12.8. The first-order valence-electron chi connectivity index (χ1n) is 15.0. The van der Waals surface area contributed by atoms with Crippen LogP contribution >= 0.6 is 0 Å². The van der Waals surface area contributed by atoms with Crippen LogP contribution in [0.15, 0.2) is 23.3 Å². The van der Waals surface area contributed by atoms with Gasteiger partial charge in [0.1, 0.15) is 0 Å². The average molecular weight is 486 g/mol. The summed E-state index contributed by atoms with van der Waals surface area (Å²) in [5, 5.41) is 0. The van der Waals surface area contributed by atoms with Crippen molar-refractivity contribution in [2.75, 3.05) is 26.2 Å². The maximum atomic E-state index is 13.0. The minimum absolute atomic E-state index is 0.0132. The van der Waals surface area contributed by atoms with Gasteiger partial charge in [-0.05, 0) is 86.8 Å². The number of carbonyl (C=O) groups is 1. The van der Waals surface area contributed by atoms with Crippen molar-refractivity contribution in [1.82, 2.24) is 4.90 Å². The highest BCUT2D eigenvalue weighted by molar-refractivity contribution is 5.71. The van der Waals surface area contributed by atoms with Crippen LogP contribution in [-0.4, -0.2) is 37.1 Å². The monoisotopic (exact) mass is 485 g/mol. The van der Waals surface area contributed by atoms with Gasteiger partial charge >= 0.3 is 5.97 Å². The standard InChI is InChI=1S/C32H55NO2/c1-7-9-11-20-33(21-12-10-8-2)23-30(34)35-24-31(5)18-13-19-32(6)28-16-14-26(25(3)4)22-27(28)15-17-29(31)32/h15,22,25,28-29H,7-14,16-21,23-24H2,1-6H3/t28-,29-,31-,32+/m0/s1. The molecule has 3 aliphatic carbocycles. The van der Waals surface area contributed by atoms with E-state index in [1.165, 1.54) is 70.6 Å². The molecule has 1 fully saturated rings. The van der Waals surface area contributed by atoms with E-state index in [1.807, 2.05) is 0 Å². The Morgan fingerprint density at radius 1 is 1.09 bits per heavy atom. The van der Waals surface area contributed by atoms with Crippen molar-refractivity contribution < 1.29 is 9.53 Å². The van der Waals surface area contributed by atoms with Crippen molar-refractivity contribution in [2.45, 2.75) is 119 Å². The Kier molecular flexibility index (Phi) is 10.5. The summed E-state index contributed by atoms with van der Waals surface area (Å²) in [6.07, 6.45) is 19.8. The van der Waals surface area contributed by atoms with Crippen LogP contribution in [0.4, 0.5) is 0 Å². The molecule has 0 saturated heterocycles. The highest BCUT2D eigenvalue weighted by Gasteiger charge is 2.54. The summed E-state index contributed by atoms with van der Waals surface area (Å²) >= 11 is 0. The second-order valence-corrected chi connectivity index (χ2v) is 12.8. The summed E-state index contributed by atoms with van der Waals surface area (Å²) in [7, 11) is 0. The fraction of sp³-hybridized carbons (Fsp3) is 0.844. The Bertz CT molecular complexity index is 743. The van der Waals surface area contributed by atoms with Gasteiger partial charge in [0.2, 0.25) is 0 Å². The molecule has 0 radical (unpaired) electrons. The van der Waals surface area contributed by atoms with Crippen molar-refractivity contribution in [3.05, 3.63) is 23.3 Å². The summed E-state index contributed by atoms with van der Waals surface area (Å²) in [5.41, 5.74) is 3.65. The molecule has 200 valence electrons. The number of rotatable bonds is 13. The molecule has 0 aromatic carbocycles. The Morgan fingerprint density at radius 3 is 2.40 bits per heavy atom. The van der Waals surface area contributed by atoms with E-state index in [-0.39, 0.29) is 11.4 Å². The molecule has 0 unspecified atom stereocenters. The van der Waals surface area contributed by atoms with E-state index in [4.69, 9.17) is 4.74 Å². The number of carbonyl (C=O) groups excluding carboxylic acids is 1. The number of unbranched alkanes of at least 4 members (excludes halogenated alkanes) is 4. The highest BCUT2D eigenvalue weighted by atomic mass is 16.5. The summed E-state index contributed by atoms with van der Waals surface area (Å²) in [6, 6.07) is 0. The largest absolute Gasteiger partial charge is 0.464 e. The fourth-order valence-corrected chi connectivity index (χ4v) is 7.56. The third-order valence-electron chi connectivity index (χ3n) is 9.78. The van der Waals surface area contributed by atoms with Crippen LogP contribution in [0.25, 0.3) is 0 Å². The van der Waals surface area contributed by atoms with Crippen molar-refractivity contribution in [3.63, 3.8) is 0 Å². The number of hydrogen-bond donors (Lipinski definition) is 0. The number of hydrogen-bond acceptors (Lipinski definition) is 3. The number of ether oxygens (including phenoxy) is 1. The zero-order valence-corrected chi connectivity index (χ0v) is 24.0. The molecule has 0 spiro atoms. The highest BCUT2D eigenvalue weighted by Crippen LogP contribution is 2.62. The van der Waals surface area contributed by atoms with E-state index in [0.717, 1.165) is 19.5 Å². The van der Waals surface area contributed by atoms with Crippen LogP contribution in [0, 0.1) is 28.6 Å². The Balaban J connectivity index is 1.63. The van der Waals surface area contributed by atoms with Gasteiger partial charge in [-0.1, -0.05) is 91.4 Å². The quantitative estimate of drug-likeness (QED) is 0.194. The third kappa shape index (κ3) is 7.02. The zero-order valence-electron chi connectivity index (χ0n) is 24.0. The van der Waals surface area contributed by atoms with E-state index >= 15 is 0 Å². The zero-order chi connectivity index (χ0) is 25.5. The van der Waals surface area contributed by atoms with Crippen LogP contribution in [0.2, 0.25) is 0 Å². The summed E-state index contributed by atoms with van der Waals surface area (Å²) in [4.78, 5) is 15.3. The minimum Gasteiger partial charge on any atom is -0.464 e. The normalized spacial score (nSPS) is 30.5. The predicted octanol–water partition coefficient (Wildman–Crippen LogP) is 8.35. The summed E-state index contributed by atoms with van der Waals surface area (Å²) < 4.78 is 6.09. The van der Waals surface area contributed by atoms with Gasteiger partial charge in [-0.2, -0.15) is 0 Å². The molecule has 0 N–H and O–H groups in total. The van der Waals surface area contributed by atoms with E-state index in [2.05, 4.69) is 58.6 Å². The molecule has 0 aromatic heterocycles. The van der Waals surface area contributed by atoms with Crippen molar-refractivity contribution >= 4 is 5.97 Å². The molecule has 4 atom stereocenters. The number of fused-ring (bicyclic) bond motifs is 3. The number of nitrogens with zero attached hydrogens (tertiary/aromatic N) is 1. The van der Waals surface area contributed by atoms with Crippen LogP contribution < -0.4 is 0 Å². The Morgan fingerprint density at radius 2 is 1.77 bits per heavy atom. The molecule has 0 bridgehead atoms. The van der Waals surface area contributed by atoms with E-state index in [1.54, 1.807) is 11.1 Å². The first-order chi connectivity index (χ1) is 16.7. The second kappa shape index (κ2) is 12.9. The van der Waals surface area contributed by atoms with Crippen LogP contribution in [-0.2, 0) is 9.53 Å². The van der Waals surface area contributed by atoms with Crippen LogP contribution in [0.3, 0.4) is 0 Å². The van der Waals surface area contributed by atoms with Gasteiger partial charge < -0.3 is 4.74 Å². The van der Waals surface area contributed by atoms with E-state index < -0.39 is 0 Å². The van der Waals surface area contributed by atoms with Gasteiger partial charge in [0.05, 0.1) is 13.2 Å². The Hall–Kier alpha value is -1.09. The van der Waals surface area contributed by atoms with Crippen molar-refractivity contribution in [3.8, 4) is 0 Å². The van der Waals surface area contributed by atoms with Gasteiger partial charge in [0.15, 0.2) is 0 Å². The maximum absolute atomic E-state index is 13.0. The van der Waals surface area contributed by atoms with Crippen molar-refractivity contribution in [2.24, 2.45) is 28.6 Å². The summed E-state index contributed by atoms with van der Waals surface area (Å²) in [6.45, 7) is 17.2. The van der Waals surface area contributed by atoms with Gasteiger partial charge in [-0.3, -0.25) is 9.69 Å². The van der Waals surface area contributed by atoms with Gasteiger partial charge in [0.25, 0.3) is 0 Å². The lowest BCUT2D eigenvalue weighted by Gasteiger charge is -2.58. The molecule has 0 aliphatic heterocycles. The van der Waals surface area contributed by atoms with Crippen LogP contribution in [0.1, 0.15) is 119 Å². The SMILES string of the molecule is CCCCCN(CCCCC)CC(=O)OC[C@]1(C)CCC[C@]2(C)[C@H]3CCC(C(C)C)=CC3=CC[C@@H]12. The first-order valence-corrected chi connectivity index (χ1v) is 15.0. The van der Waals surface area contributed by atoms with Gasteiger partial charge in [0, 0.05) is 5.41 Å². The molecular weight excluding hydrogens is 430 g/mol. The lowest BCUT2D eigenvalue weighted by atomic mass is 9.47.